The van der Waals surface area contributed by atoms with Gasteiger partial charge in [0.2, 0.25) is 5.91 Å². The zero-order valence-corrected chi connectivity index (χ0v) is 15.1. The smallest absolute Gasteiger partial charge is 0.306 e. The molecule has 7 heteroatoms. The predicted octanol–water partition coefficient (Wildman–Crippen LogP) is 2.57. The lowest BCUT2D eigenvalue weighted by Crippen LogP contribution is -2.36. The molecule has 1 aromatic rings. The molecule has 0 fully saturated rings. The van der Waals surface area contributed by atoms with Gasteiger partial charge in [-0.15, -0.1) is 0 Å². The highest BCUT2D eigenvalue weighted by molar-refractivity contribution is 7.86. The summed E-state index contributed by atoms with van der Waals surface area (Å²) in [6.07, 6.45) is 2.25. The van der Waals surface area contributed by atoms with E-state index >= 15 is 0 Å². The molecule has 1 rings (SSSR count). The standard InChI is InChI=1S/C16H25NO5S/c1-6-7-16(18)17(12(2)3)11-13-8-9-14(21-4)15(10-13)22-23(5,19)20/h8-10,12H,6-7,11H2,1-5H3. The summed E-state index contributed by atoms with van der Waals surface area (Å²) in [5.41, 5.74) is 0.780. The number of hydrogen-bond acceptors (Lipinski definition) is 5. The van der Waals surface area contributed by atoms with Crippen LogP contribution < -0.4 is 8.92 Å². The number of ether oxygens (including phenoxy) is 1. The van der Waals surface area contributed by atoms with Gasteiger partial charge in [0, 0.05) is 19.0 Å². The number of nitrogens with zero attached hydrogens (tertiary/aromatic N) is 1. The molecular formula is C16H25NO5S. The molecule has 0 spiro atoms. The summed E-state index contributed by atoms with van der Waals surface area (Å²) in [5.74, 6) is 0.526. The molecule has 0 N–H and O–H groups in total. The second kappa shape index (κ2) is 8.19. The summed E-state index contributed by atoms with van der Waals surface area (Å²) < 4.78 is 32.8. The van der Waals surface area contributed by atoms with Gasteiger partial charge in [-0.3, -0.25) is 4.79 Å². The van der Waals surface area contributed by atoms with Crippen molar-refractivity contribution in [1.29, 1.82) is 0 Å². The summed E-state index contributed by atoms with van der Waals surface area (Å²) >= 11 is 0. The van der Waals surface area contributed by atoms with Gasteiger partial charge in [0.25, 0.3) is 0 Å². The number of methoxy groups -OCH3 is 1. The van der Waals surface area contributed by atoms with Crippen molar-refractivity contribution in [1.82, 2.24) is 4.90 Å². The third-order valence-corrected chi connectivity index (χ3v) is 3.71. The molecule has 0 bridgehead atoms. The maximum Gasteiger partial charge on any atom is 0.306 e. The van der Waals surface area contributed by atoms with Crippen LogP contribution in [-0.2, 0) is 21.5 Å². The van der Waals surface area contributed by atoms with E-state index in [4.69, 9.17) is 8.92 Å². The van der Waals surface area contributed by atoms with Crippen LogP contribution in [0.2, 0.25) is 0 Å². The molecular weight excluding hydrogens is 318 g/mol. The lowest BCUT2D eigenvalue weighted by molar-refractivity contribution is -0.133. The number of rotatable bonds is 8. The topological polar surface area (TPSA) is 72.9 Å². The van der Waals surface area contributed by atoms with E-state index in [1.807, 2.05) is 20.8 Å². The monoisotopic (exact) mass is 343 g/mol. The lowest BCUT2D eigenvalue weighted by Gasteiger charge is -2.27. The van der Waals surface area contributed by atoms with Crippen molar-refractivity contribution >= 4 is 16.0 Å². The summed E-state index contributed by atoms with van der Waals surface area (Å²) in [4.78, 5) is 14.0. The van der Waals surface area contributed by atoms with Gasteiger partial charge in [0.05, 0.1) is 13.4 Å². The van der Waals surface area contributed by atoms with Gasteiger partial charge in [-0.2, -0.15) is 8.42 Å². The fourth-order valence-electron chi connectivity index (χ4n) is 2.16. The Morgan fingerprint density at radius 2 is 1.91 bits per heavy atom. The molecule has 0 saturated carbocycles. The molecule has 1 aromatic carbocycles. The second-order valence-corrected chi connectivity index (χ2v) is 7.21. The van der Waals surface area contributed by atoms with E-state index in [0.29, 0.717) is 18.7 Å². The van der Waals surface area contributed by atoms with Crippen LogP contribution in [0.3, 0.4) is 0 Å². The van der Waals surface area contributed by atoms with Gasteiger partial charge < -0.3 is 13.8 Å². The first-order valence-corrected chi connectivity index (χ1v) is 9.35. The number of carbonyl (C=O) groups excluding carboxylic acids is 1. The summed E-state index contributed by atoms with van der Waals surface area (Å²) in [6, 6.07) is 5.07. The maximum absolute atomic E-state index is 12.2. The van der Waals surface area contributed by atoms with Crippen molar-refractivity contribution < 1.29 is 22.1 Å². The molecule has 0 unspecified atom stereocenters. The van der Waals surface area contributed by atoms with Crippen LogP contribution in [0.4, 0.5) is 0 Å². The van der Waals surface area contributed by atoms with E-state index in [0.717, 1.165) is 18.2 Å². The molecule has 0 aliphatic heterocycles. The van der Waals surface area contributed by atoms with Crippen LogP contribution in [0.25, 0.3) is 0 Å². The fourth-order valence-corrected chi connectivity index (χ4v) is 2.62. The van der Waals surface area contributed by atoms with Crippen LogP contribution in [0.5, 0.6) is 11.5 Å². The average molecular weight is 343 g/mol. The van der Waals surface area contributed by atoms with Crippen molar-refractivity contribution in [2.24, 2.45) is 0 Å². The largest absolute Gasteiger partial charge is 0.493 e. The van der Waals surface area contributed by atoms with Gasteiger partial charge in [0.15, 0.2) is 11.5 Å². The molecule has 0 atom stereocenters. The Hall–Kier alpha value is -1.76. The van der Waals surface area contributed by atoms with Crippen LogP contribution >= 0.6 is 0 Å². The van der Waals surface area contributed by atoms with Gasteiger partial charge in [0.1, 0.15) is 0 Å². The minimum absolute atomic E-state index is 0.0513. The molecule has 0 radical (unpaired) electrons. The minimum atomic E-state index is -3.66. The van der Waals surface area contributed by atoms with Crippen molar-refractivity contribution in [3.05, 3.63) is 23.8 Å². The molecule has 130 valence electrons. The van der Waals surface area contributed by atoms with Crippen molar-refractivity contribution in [2.75, 3.05) is 13.4 Å². The third kappa shape index (κ3) is 6.09. The molecule has 0 heterocycles. The number of benzene rings is 1. The van der Waals surface area contributed by atoms with Crippen LogP contribution in [0, 0.1) is 0 Å². The molecule has 6 nitrogen and oxygen atoms in total. The number of amides is 1. The van der Waals surface area contributed by atoms with Crippen LogP contribution in [0.1, 0.15) is 39.2 Å². The molecule has 0 saturated heterocycles. The second-order valence-electron chi connectivity index (χ2n) is 5.64. The first-order valence-electron chi connectivity index (χ1n) is 7.53. The summed E-state index contributed by atoms with van der Waals surface area (Å²) in [7, 11) is -2.22. The fraction of sp³-hybridized carbons (Fsp3) is 0.562. The maximum atomic E-state index is 12.2. The Bertz CT molecular complexity index is 640. The number of carbonyl (C=O) groups is 1. The van der Waals surface area contributed by atoms with Crippen molar-refractivity contribution in [2.45, 2.75) is 46.2 Å². The van der Waals surface area contributed by atoms with Gasteiger partial charge >= 0.3 is 10.1 Å². The van der Waals surface area contributed by atoms with E-state index in [-0.39, 0.29) is 17.7 Å². The highest BCUT2D eigenvalue weighted by atomic mass is 32.2. The minimum Gasteiger partial charge on any atom is -0.493 e. The Morgan fingerprint density at radius 1 is 1.26 bits per heavy atom. The third-order valence-electron chi connectivity index (χ3n) is 3.23. The Balaban J connectivity index is 3.07. The molecule has 1 amide bonds. The van der Waals surface area contributed by atoms with Gasteiger partial charge in [-0.05, 0) is 38.0 Å². The molecule has 0 aromatic heterocycles. The van der Waals surface area contributed by atoms with E-state index in [1.54, 1.807) is 23.1 Å². The molecule has 0 aliphatic rings. The van der Waals surface area contributed by atoms with E-state index in [1.165, 1.54) is 7.11 Å². The van der Waals surface area contributed by atoms with Gasteiger partial charge in [-0.1, -0.05) is 13.0 Å². The van der Waals surface area contributed by atoms with Crippen LogP contribution in [0.15, 0.2) is 18.2 Å². The zero-order chi connectivity index (χ0) is 17.6. The van der Waals surface area contributed by atoms with Gasteiger partial charge in [-0.25, -0.2) is 0 Å². The Kier molecular flexibility index (Phi) is 6.87. The number of hydrogen-bond donors (Lipinski definition) is 0. The van der Waals surface area contributed by atoms with Crippen LogP contribution in [-0.4, -0.2) is 38.6 Å². The average Bonchev–Trinajstić information content (AvgIpc) is 2.43. The SMILES string of the molecule is CCCC(=O)N(Cc1ccc(OC)c(OS(C)(=O)=O)c1)C(C)C. The first-order chi connectivity index (χ1) is 10.7. The van der Waals surface area contributed by atoms with E-state index < -0.39 is 10.1 Å². The molecule has 0 aliphatic carbocycles. The zero-order valence-electron chi connectivity index (χ0n) is 14.3. The first kappa shape index (κ1) is 19.3. The predicted molar refractivity (Wildman–Crippen MR) is 89.1 cm³/mol. The highest BCUT2D eigenvalue weighted by Gasteiger charge is 2.18. The Morgan fingerprint density at radius 3 is 2.39 bits per heavy atom. The molecule has 23 heavy (non-hydrogen) atoms. The Labute approximate surface area is 138 Å². The summed E-state index contributed by atoms with van der Waals surface area (Å²) in [6.45, 7) is 6.25. The summed E-state index contributed by atoms with van der Waals surface area (Å²) in [5, 5.41) is 0. The van der Waals surface area contributed by atoms with E-state index in [2.05, 4.69) is 0 Å². The van der Waals surface area contributed by atoms with Crippen molar-refractivity contribution in [3.63, 3.8) is 0 Å². The van der Waals surface area contributed by atoms with E-state index in [9.17, 15) is 13.2 Å². The highest BCUT2D eigenvalue weighted by Crippen LogP contribution is 2.30. The lowest BCUT2D eigenvalue weighted by atomic mass is 10.1. The normalized spacial score (nSPS) is 11.4. The van der Waals surface area contributed by atoms with Crippen molar-refractivity contribution in [3.8, 4) is 11.5 Å². The quantitative estimate of drug-likeness (QED) is 0.678.